The van der Waals surface area contributed by atoms with Crippen molar-refractivity contribution >= 4 is 18.1 Å². The molecule has 0 saturated carbocycles. The molecule has 0 aromatic heterocycles. The molecule has 1 unspecified atom stereocenters. The Morgan fingerprint density at radius 3 is 2.09 bits per heavy atom. The lowest BCUT2D eigenvalue weighted by Crippen LogP contribution is -2.48. The van der Waals surface area contributed by atoms with Crippen LogP contribution in [0.2, 0.25) is 0 Å². The highest BCUT2D eigenvalue weighted by atomic mass is 16.6. The van der Waals surface area contributed by atoms with Crippen molar-refractivity contribution in [3.8, 4) is 0 Å². The van der Waals surface area contributed by atoms with E-state index in [-0.39, 0.29) is 5.69 Å². The van der Waals surface area contributed by atoms with E-state index in [1.54, 1.807) is 27.7 Å². The molecule has 1 rings (SSSR count). The van der Waals surface area contributed by atoms with Crippen LogP contribution in [0.4, 0.5) is 10.5 Å². The van der Waals surface area contributed by atoms with Gasteiger partial charge in [0.2, 0.25) is 0 Å². The molecule has 0 radical (unpaired) electrons. The number of nitrogens with zero attached hydrogens (tertiary/aromatic N) is 2. The third-order valence-corrected chi connectivity index (χ3v) is 3.26. The first-order valence-electron chi connectivity index (χ1n) is 6.69. The van der Waals surface area contributed by atoms with Gasteiger partial charge in [-0.05, 0) is 45.4 Å². The molecule has 7 heteroatoms. The summed E-state index contributed by atoms with van der Waals surface area (Å²) < 4.78 is 5.25. The summed E-state index contributed by atoms with van der Waals surface area (Å²) in [4.78, 5) is 35.1. The number of nitro benzene ring substituents is 1. The van der Waals surface area contributed by atoms with Gasteiger partial charge >= 0.3 is 6.09 Å². The minimum Gasteiger partial charge on any atom is -0.444 e. The molecule has 0 aliphatic carbocycles. The zero-order valence-electron chi connectivity index (χ0n) is 13.3. The Labute approximate surface area is 129 Å². The van der Waals surface area contributed by atoms with E-state index in [1.165, 1.54) is 36.2 Å². The summed E-state index contributed by atoms with van der Waals surface area (Å²) in [5.74, 6) is 0. The number of benzene rings is 1. The van der Waals surface area contributed by atoms with E-state index < -0.39 is 22.2 Å². The SMILES string of the molecule is CN(C(=O)OC(C)(C)C)C(C)(C=O)c1ccc([N+](=O)[O-])cc1. The summed E-state index contributed by atoms with van der Waals surface area (Å²) in [6, 6.07) is 5.49. The van der Waals surface area contributed by atoms with Crippen molar-refractivity contribution in [1.82, 2.24) is 4.90 Å². The summed E-state index contributed by atoms with van der Waals surface area (Å²) in [5, 5.41) is 10.7. The number of non-ortho nitro benzene ring substituents is 1. The Balaban J connectivity index is 3.12. The van der Waals surface area contributed by atoms with Crippen molar-refractivity contribution < 1.29 is 19.2 Å². The predicted octanol–water partition coefficient (Wildman–Crippen LogP) is 2.88. The lowest BCUT2D eigenvalue weighted by molar-refractivity contribution is -0.384. The van der Waals surface area contributed by atoms with Crippen molar-refractivity contribution in [2.75, 3.05) is 7.05 Å². The first-order valence-corrected chi connectivity index (χ1v) is 6.69. The molecular weight excluding hydrogens is 288 g/mol. The normalized spacial score (nSPS) is 13.9. The zero-order valence-corrected chi connectivity index (χ0v) is 13.3. The third-order valence-electron chi connectivity index (χ3n) is 3.26. The number of likely N-dealkylation sites (N-methyl/N-ethyl adjacent to an activating group) is 1. The lowest BCUT2D eigenvalue weighted by Gasteiger charge is -2.35. The molecule has 0 spiro atoms. The highest BCUT2D eigenvalue weighted by Gasteiger charge is 2.37. The number of amides is 1. The molecule has 0 saturated heterocycles. The Morgan fingerprint density at radius 1 is 1.23 bits per heavy atom. The summed E-state index contributed by atoms with van der Waals surface area (Å²) in [7, 11) is 1.45. The molecule has 0 fully saturated rings. The van der Waals surface area contributed by atoms with E-state index in [2.05, 4.69) is 0 Å². The quantitative estimate of drug-likeness (QED) is 0.484. The van der Waals surface area contributed by atoms with Crippen LogP contribution >= 0.6 is 0 Å². The lowest BCUT2D eigenvalue weighted by atomic mass is 9.92. The number of carbonyl (C=O) groups is 2. The van der Waals surface area contributed by atoms with E-state index in [9.17, 15) is 19.7 Å². The molecule has 1 aromatic carbocycles. The summed E-state index contributed by atoms with van der Waals surface area (Å²) in [5.41, 5.74) is -1.60. The fourth-order valence-corrected chi connectivity index (χ4v) is 1.78. The van der Waals surface area contributed by atoms with Gasteiger partial charge in [0, 0.05) is 19.2 Å². The van der Waals surface area contributed by atoms with Crippen LogP contribution in [0.3, 0.4) is 0 Å². The van der Waals surface area contributed by atoms with Gasteiger partial charge in [0.25, 0.3) is 5.69 Å². The molecule has 0 aliphatic rings. The molecule has 0 heterocycles. The first-order chi connectivity index (χ1) is 10.0. The van der Waals surface area contributed by atoms with Crippen LogP contribution < -0.4 is 0 Å². The van der Waals surface area contributed by atoms with Gasteiger partial charge in [-0.3, -0.25) is 15.0 Å². The number of ether oxygens (including phenoxy) is 1. The van der Waals surface area contributed by atoms with Crippen molar-refractivity contribution in [2.24, 2.45) is 0 Å². The van der Waals surface area contributed by atoms with Gasteiger partial charge in [-0.1, -0.05) is 0 Å². The molecule has 0 aliphatic heterocycles. The highest BCUT2D eigenvalue weighted by Crippen LogP contribution is 2.28. The smallest absolute Gasteiger partial charge is 0.411 e. The number of carbonyl (C=O) groups excluding carboxylic acids is 2. The Kier molecular flexibility index (Phi) is 4.91. The minimum atomic E-state index is -1.28. The van der Waals surface area contributed by atoms with Crippen LogP contribution in [0.25, 0.3) is 0 Å². The van der Waals surface area contributed by atoms with Crippen LogP contribution in [0.15, 0.2) is 24.3 Å². The Morgan fingerprint density at radius 2 is 1.73 bits per heavy atom. The number of hydrogen-bond acceptors (Lipinski definition) is 5. The van der Waals surface area contributed by atoms with Gasteiger partial charge < -0.3 is 9.53 Å². The fraction of sp³-hybridized carbons (Fsp3) is 0.467. The maximum atomic E-state index is 12.1. The van der Waals surface area contributed by atoms with Crippen LogP contribution in [0.1, 0.15) is 33.3 Å². The monoisotopic (exact) mass is 308 g/mol. The van der Waals surface area contributed by atoms with E-state index in [0.717, 1.165) is 0 Å². The first kappa shape index (κ1) is 17.6. The zero-order chi connectivity index (χ0) is 17.1. The van der Waals surface area contributed by atoms with Crippen molar-refractivity contribution in [3.05, 3.63) is 39.9 Å². The molecule has 1 aromatic rings. The average Bonchev–Trinajstić information content (AvgIpc) is 2.43. The highest BCUT2D eigenvalue weighted by molar-refractivity contribution is 5.78. The van der Waals surface area contributed by atoms with Crippen molar-refractivity contribution in [3.63, 3.8) is 0 Å². The largest absolute Gasteiger partial charge is 0.444 e. The van der Waals surface area contributed by atoms with E-state index in [1.807, 2.05) is 0 Å². The molecule has 1 amide bonds. The topological polar surface area (TPSA) is 89.8 Å². The van der Waals surface area contributed by atoms with E-state index >= 15 is 0 Å². The summed E-state index contributed by atoms with van der Waals surface area (Å²) in [6.07, 6.45) is -0.0431. The van der Waals surface area contributed by atoms with Crippen LogP contribution in [0, 0.1) is 10.1 Å². The fourth-order valence-electron chi connectivity index (χ4n) is 1.78. The molecule has 0 N–H and O–H groups in total. The van der Waals surface area contributed by atoms with Gasteiger partial charge in [-0.15, -0.1) is 0 Å². The maximum absolute atomic E-state index is 12.1. The average molecular weight is 308 g/mol. The molecule has 0 bridgehead atoms. The van der Waals surface area contributed by atoms with Gasteiger partial charge in [-0.25, -0.2) is 4.79 Å². The minimum absolute atomic E-state index is 0.0862. The second-order valence-corrected chi connectivity index (χ2v) is 6.11. The molecule has 120 valence electrons. The predicted molar refractivity (Wildman–Crippen MR) is 80.5 cm³/mol. The van der Waals surface area contributed by atoms with E-state index in [0.29, 0.717) is 11.8 Å². The summed E-state index contributed by atoms with van der Waals surface area (Å²) in [6.45, 7) is 6.72. The second kappa shape index (κ2) is 6.13. The van der Waals surface area contributed by atoms with Gasteiger partial charge in [0.05, 0.1) is 4.92 Å². The van der Waals surface area contributed by atoms with Gasteiger partial charge in [0.15, 0.2) is 0 Å². The Hall–Kier alpha value is -2.44. The Bertz CT molecular complexity index is 577. The molecule has 1 atom stereocenters. The molecule has 22 heavy (non-hydrogen) atoms. The van der Waals surface area contributed by atoms with Crippen molar-refractivity contribution in [1.29, 1.82) is 0 Å². The van der Waals surface area contributed by atoms with Crippen LogP contribution in [0.5, 0.6) is 0 Å². The molecule has 7 nitrogen and oxygen atoms in total. The number of hydrogen-bond donors (Lipinski definition) is 0. The maximum Gasteiger partial charge on any atom is 0.411 e. The van der Waals surface area contributed by atoms with Gasteiger partial charge in [-0.2, -0.15) is 0 Å². The summed E-state index contributed by atoms with van der Waals surface area (Å²) >= 11 is 0. The van der Waals surface area contributed by atoms with Crippen LogP contribution in [-0.2, 0) is 15.1 Å². The second-order valence-electron chi connectivity index (χ2n) is 6.11. The van der Waals surface area contributed by atoms with Gasteiger partial charge in [0.1, 0.15) is 17.4 Å². The van der Waals surface area contributed by atoms with E-state index in [4.69, 9.17) is 4.74 Å². The standard InChI is InChI=1S/C15H20N2O5/c1-14(2,3)22-13(19)16(5)15(4,10-18)11-6-8-12(9-7-11)17(20)21/h6-10H,1-5H3. The number of nitro groups is 1. The van der Waals surface area contributed by atoms with Crippen LogP contribution in [-0.4, -0.2) is 34.9 Å². The number of rotatable bonds is 4. The number of aldehydes is 1. The van der Waals surface area contributed by atoms with Crippen molar-refractivity contribution in [2.45, 2.75) is 38.8 Å². The molecular formula is C15H20N2O5. The third kappa shape index (κ3) is 3.81.